The summed E-state index contributed by atoms with van der Waals surface area (Å²) in [4.78, 5) is 19.6. The Bertz CT molecular complexity index is 897. The van der Waals surface area contributed by atoms with Crippen LogP contribution in [0.4, 0.5) is 0 Å². The highest BCUT2D eigenvalue weighted by atomic mass is 79.9. The zero-order valence-corrected chi connectivity index (χ0v) is 17.8. The van der Waals surface area contributed by atoms with Gasteiger partial charge in [-0.2, -0.15) is 0 Å². The number of carbonyl (C=O) groups excluding carboxylic acids is 1. The van der Waals surface area contributed by atoms with E-state index in [1.54, 1.807) is 4.90 Å². The van der Waals surface area contributed by atoms with Gasteiger partial charge in [0.2, 0.25) is 0 Å². The van der Waals surface area contributed by atoms with E-state index in [2.05, 4.69) is 57.5 Å². The first-order valence-corrected chi connectivity index (χ1v) is 10.3. The molecular weight excluding hydrogens is 410 g/mol. The molecule has 1 aliphatic rings. The maximum absolute atomic E-state index is 12.7. The van der Waals surface area contributed by atoms with Crippen molar-refractivity contribution in [1.29, 1.82) is 0 Å². The van der Waals surface area contributed by atoms with Crippen LogP contribution in [0.3, 0.4) is 0 Å². The van der Waals surface area contributed by atoms with Crippen molar-refractivity contribution >= 4 is 44.8 Å². The molecule has 136 valence electrons. The average Bonchev–Trinajstić information content (AvgIpc) is 3.06. The molecule has 1 aromatic heterocycles. The summed E-state index contributed by atoms with van der Waals surface area (Å²) in [5.74, 6) is 0.0399. The van der Waals surface area contributed by atoms with Crippen LogP contribution in [0.5, 0.6) is 0 Å². The summed E-state index contributed by atoms with van der Waals surface area (Å²) in [5, 5.41) is 0.799. The molecule has 0 spiro atoms. The lowest BCUT2D eigenvalue weighted by Crippen LogP contribution is -2.28. The van der Waals surface area contributed by atoms with Crippen LogP contribution < -0.4 is 0 Å². The summed E-state index contributed by atoms with van der Waals surface area (Å²) in [6.45, 7) is 9.45. The first-order chi connectivity index (χ1) is 12.5. The van der Waals surface area contributed by atoms with Crippen LogP contribution in [0.25, 0.3) is 11.8 Å². The number of hydrogen-bond acceptors (Lipinski definition) is 3. The predicted octanol–water partition coefficient (Wildman–Crippen LogP) is 5.17. The van der Waals surface area contributed by atoms with Crippen molar-refractivity contribution in [3.63, 3.8) is 0 Å². The maximum Gasteiger partial charge on any atom is 0.266 e. The van der Waals surface area contributed by atoms with E-state index in [-0.39, 0.29) is 5.91 Å². The van der Waals surface area contributed by atoms with E-state index >= 15 is 0 Å². The number of amidine groups is 1. The van der Waals surface area contributed by atoms with Crippen molar-refractivity contribution in [2.24, 2.45) is 4.99 Å². The zero-order chi connectivity index (χ0) is 18.8. The molecule has 0 aliphatic carbocycles. The van der Waals surface area contributed by atoms with Gasteiger partial charge in [-0.05, 0) is 81.4 Å². The fourth-order valence-electron chi connectivity index (χ4n) is 3.10. The summed E-state index contributed by atoms with van der Waals surface area (Å²) in [7, 11) is 0. The van der Waals surface area contributed by atoms with Gasteiger partial charge in [0.1, 0.15) is 0 Å². The second-order valence-electron chi connectivity index (χ2n) is 6.06. The number of aliphatic imine (C=N–C) groups is 1. The number of aromatic nitrogens is 1. The van der Waals surface area contributed by atoms with Gasteiger partial charge < -0.3 is 4.57 Å². The molecule has 26 heavy (non-hydrogen) atoms. The Kier molecular flexibility index (Phi) is 5.73. The molecule has 4 nitrogen and oxygen atoms in total. The molecule has 0 bridgehead atoms. The molecule has 0 N–H and O–H groups in total. The van der Waals surface area contributed by atoms with E-state index in [0.29, 0.717) is 13.1 Å². The number of carbonyl (C=O) groups is 1. The summed E-state index contributed by atoms with van der Waals surface area (Å²) >= 11 is 4.95. The fourth-order valence-corrected chi connectivity index (χ4v) is 4.46. The molecule has 1 amide bonds. The van der Waals surface area contributed by atoms with Crippen molar-refractivity contribution in [2.75, 3.05) is 13.1 Å². The molecular formula is C20H22BrN3OS. The summed E-state index contributed by atoms with van der Waals surface area (Å²) < 4.78 is 3.27. The minimum atomic E-state index is 0.0399. The third-order valence-corrected chi connectivity index (χ3v) is 5.91. The number of aryl methyl sites for hydroxylation is 1. The van der Waals surface area contributed by atoms with Crippen molar-refractivity contribution in [3.05, 3.63) is 56.7 Å². The molecule has 2 aromatic rings. The first kappa shape index (κ1) is 19.0. The Morgan fingerprint density at radius 2 is 1.88 bits per heavy atom. The highest BCUT2D eigenvalue weighted by Gasteiger charge is 2.32. The van der Waals surface area contributed by atoms with Gasteiger partial charge in [-0.3, -0.25) is 14.7 Å². The topological polar surface area (TPSA) is 37.6 Å². The minimum Gasteiger partial charge on any atom is -0.318 e. The van der Waals surface area contributed by atoms with Crippen LogP contribution >= 0.6 is 27.7 Å². The molecule has 6 heteroatoms. The lowest BCUT2D eigenvalue weighted by Gasteiger charge is -2.11. The normalized spacial score (nSPS) is 17.7. The molecule has 1 aromatic carbocycles. The molecule has 0 saturated carbocycles. The van der Waals surface area contributed by atoms with Gasteiger partial charge >= 0.3 is 0 Å². The van der Waals surface area contributed by atoms with Gasteiger partial charge in [0.15, 0.2) is 5.17 Å². The number of nitrogens with zero attached hydrogens (tertiary/aromatic N) is 3. The van der Waals surface area contributed by atoms with Crippen LogP contribution in [-0.4, -0.2) is 33.6 Å². The Morgan fingerprint density at radius 3 is 2.50 bits per heavy atom. The monoisotopic (exact) mass is 431 g/mol. The summed E-state index contributed by atoms with van der Waals surface area (Å²) in [6, 6.07) is 10.4. The second kappa shape index (κ2) is 7.84. The third kappa shape index (κ3) is 3.53. The number of amides is 1. The van der Waals surface area contributed by atoms with Crippen LogP contribution in [0.15, 0.2) is 44.7 Å². The largest absolute Gasteiger partial charge is 0.318 e. The van der Waals surface area contributed by atoms with E-state index in [1.165, 1.54) is 11.8 Å². The SMILES string of the molecule is CCN=C1S/C(=C\c2cc(C)n(-c3ccc(Br)cc3)c2C)C(=O)N1CC. The van der Waals surface area contributed by atoms with Crippen molar-refractivity contribution in [3.8, 4) is 5.69 Å². The van der Waals surface area contributed by atoms with Crippen LogP contribution in [0.2, 0.25) is 0 Å². The number of rotatable bonds is 4. The molecule has 1 saturated heterocycles. The van der Waals surface area contributed by atoms with Gasteiger partial charge in [0.25, 0.3) is 5.91 Å². The van der Waals surface area contributed by atoms with Gasteiger partial charge in [-0.15, -0.1) is 0 Å². The Morgan fingerprint density at radius 1 is 1.19 bits per heavy atom. The van der Waals surface area contributed by atoms with Crippen molar-refractivity contribution < 1.29 is 4.79 Å². The standard InChI is InChI=1S/C20H22BrN3OS/c1-5-22-20-23(6-2)19(25)18(26-20)12-15-11-13(3)24(14(15)4)17-9-7-16(21)8-10-17/h7-12H,5-6H2,1-4H3/b18-12-,22-20?. The van der Waals surface area contributed by atoms with Gasteiger partial charge in [0.05, 0.1) is 4.91 Å². The summed E-state index contributed by atoms with van der Waals surface area (Å²) in [6.07, 6.45) is 1.99. The summed E-state index contributed by atoms with van der Waals surface area (Å²) in [5.41, 5.74) is 4.44. The van der Waals surface area contributed by atoms with E-state index in [4.69, 9.17) is 0 Å². The number of likely N-dealkylation sites (N-methyl/N-ethyl adjacent to an activating group) is 1. The van der Waals surface area contributed by atoms with Crippen LogP contribution in [-0.2, 0) is 4.79 Å². The van der Waals surface area contributed by atoms with Crippen molar-refractivity contribution in [2.45, 2.75) is 27.7 Å². The van der Waals surface area contributed by atoms with Gasteiger partial charge in [-0.1, -0.05) is 15.9 Å². The third-order valence-electron chi connectivity index (χ3n) is 4.34. The van der Waals surface area contributed by atoms with E-state index in [1.807, 2.05) is 32.1 Å². The first-order valence-electron chi connectivity index (χ1n) is 8.67. The lowest BCUT2D eigenvalue weighted by atomic mass is 10.2. The maximum atomic E-state index is 12.7. The molecule has 0 atom stereocenters. The predicted molar refractivity (Wildman–Crippen MR) is 114 cm³/mol. The number of hydrogen-bond donors (Lipinski definition) is 0. The number of benzene rings is 1. The smallest absolute Gasteiger partial charge is 0.266 e. The Balaban J connectivity index is 2.00. The second-order valence-corrected chi connectivity index (χ2v) is 7.98. The lowest BCUT2D eigenvalue weighted by molar-refractivity contribution is -0.122. The molecule has 1 fully saturated rings. The Hall–Kier alpha value is -1.79. The van der Waals surface area contributed by atoms with Crippen LogP contribution in [0, 0.1) is 13.8 Å². The van der Waals surface area contributed by atoms with E-state index < -0.39 is 0 Å². The average molecular weight is 432 g/mol. The van der Waals surface area contributed by atoms with E-state index in [9.17, 15) is 4.79 Å². The highest BCUT2D eigenvalue weighted by Crippen LogP contribution is 2.34. The van der Waals surface area contributed by atoms with Gasteiger partial charge in [0, 0.05) is 34.6 Å². The molecule has 3 rings (SSSR count). The molecule has 1 aliphatic heterocycles. The minimum absolute atomic E-state index is 0.0399. The highest BCUT2D eigenvalue weighted by molar-refractivity contribution is 9.10. The fraction of sp³-hybridized carbons (Fsp3) is 0.300. The molecule has 0 unspecified atom stereocenters. The van der Waals surface area contributed by atoms with E-state index in [0.717, 1.165) is 37.2 Å². The zero-order valence-electron chi connectivity index (χ0n) is 15.4. The molecule has 0 radical (unpaired) electrons. The number of thioether (sulfide) groups is 1. The quantitative estimate of drug-likeness (QED) is 0.626. The Labute approximate surface area is 167 Å². The van der Waals surface area contributed by atoms with Gasteiger partial charge in [-0.25, -0.2) is 0 Å². The molecule has 2 heterocycles. The number of halogens is 1. The van der Waals surface area contributed by atoms with Crippen LogP contribution in [0.1, 0.15) is 30.8 Å². The van der Waals surface area contributed by atoms with Crippen molar-refractivity contribution in [1.82, 2.24) is 9.47 Å².